The topological polar surface area (TPSA) is 110 Å². The molecular weight excluding hydrogens is 602 g/mol. The van der Waals surface area contributed by atoms with E-state index < -0.39 is 48.4 Å². The van der Waals surface area contributed by atoms with Crippen molar-refractivity contribution in [3.8, 4) is 11.5 Å². The molecule has 4 aromatic rings. The Labute approximate surface area is 272 Å². The van der Waals surface area contributed by atoms with Crippen LogP contribution in [0.15, 0.2) is 109 Å². The molecule has 2 aliphatic heterocycles. The van der Waals surface area contributed by atoms with Gasteiger partial charge in [-0.2, -0.15) is 0 Å². The Morgan fingerprint density at radius 1 is 0.723 bits per heavy atom. The van der Waals surface area contributed by atoms with E-state index in [1.165, 1.54) is 6.92 Å². The predicted octanol–water partition coefficient (Wildman–Crippen LogP) is 5.20. The van der Waals surface area contributed by atoms with Gasteiger partial charge in [-0.15, -0.1) is 0 Å². The van der Waals surface area contributed by atoms with Gasteiger partial charge in [0.25, 0.3) is 11.8 Å². The number of hydrogen-bond donors (Lipinski definition) is 0. The van der Waals surface area contributed by atoms with Gasteiger partial charge in [0.2, 0.25) is 6.29 Å². The first-order valence-electron chi connectivity index (χ1n) is 15.3. The fraction of sp³-hybridized carbons (Fsp3) is 0.270. The third-order valence-electron chi connectivity index (χ3n) is 8.03. The van der Waals surface area contributed by atoms with Gasteiger partial charge in [-0.1, -0.05) is 72.8 Å². The minimum absolute atomic E-state index is 0.00461. The number of nitrogens with zero attached hydrogens (tertiary/aromatic N) is 1. The largest absolute Gasteiger partial charge is 0.497 e. The molecule has 2 aliphatic rings. The summed E-state index contributed by atoms with van der Waals surface area (Å²) in [7, 11) is 1.56. The zero-order valence-corrected chi connectivity index (χ0v) is 26.0. The second-order valence-electron chi connectivity index (χ2n) is 11.2. The molecule has 4 aromatic carbocycles. The molecule has 5 unspecified atom stereocenters. The Morgan fingerprint density at radius 3 is 1.85 bits per heavy atom. The molecule has 5 atom stereocenters. The van der Waals surface area contributed by atoms with Crippen LogP contribution in [0.2, 0.25) is 0 Å². The summed E-state index contributed by atoms with van der Waals surface area (Å²) in [6.45, 7) is 1.65. The van der Waals surface area contributed by atoms with Gasteiger partial charge >= 0.3 is 5.97 Å². The Kier molecular flexibility index (Phi) is 9.92. The minimum Gasteiger partial charge on any atom is -0.497 e. The van der Waals surface area contributed by atoms with Crippen molar-refractivity contribution in [1.82, 2.24) is 4.90 Å². The van der Waals surface area contributed by atoms with Crippen LogP contribution in [0.4, 0.5) is 0 Å². The summed E-state index contributed by atoms with van der Waals surface area (Å²) in [5, 5.41) is 0. The van der Waals surface area contributed by atoms with E-state index in [9.17, 15) is 14.4 Å². The van der Waals surface area contributed by atoms with E-state index in [1.54, 1.807) is 55.6 Å². The normalized spacial score (nSPS) is 22.1. The molecule has 242 valence electrons. The van der Waals surface area contributed by atoms with Crippen molar-refractivity contribution >= 4 is 17.8 Å². The number of benzene rings is 4. The molecule has 0 radical (unpaired) electrons. The van der Waals surface area contributed by atoms with Gasteiger partial charge in [-0.05, 0) is 47.5 Å². The summed E-state index contributed by atoms with van der Waals surface area (Å²) in [5.41, 5.74) is 2.28. The monoisotopic (exact) mass is 637 g/mol. The van der Waals surface area contributed by atoms with Crippen LogP contribution < -0.4 is 9.47 Å². The number of imide groups is 1. The quantitative estimate of drug-likeness (QED) is 0.153. The van der Waals surface area contributed by atoms with E-state index >= 15 is 0 Å². The van der Waals surface area contributed by atoms with Gasteiger partial charge in [-0.3, -0.25) is 19.3 Å². The zero-order valence-electron chi connectivity index (χ0n) is 26.0. The van der Waals surface area contributed by atoms with Crippen LogP contribution in [0.25, 0.3) is 0 Å². The molecule has 0 saturated carbocycles. The molecule has 1 saturated heterocycles. The first-order valence-corrected chi connectivity index (χ1v) is 15.3. The highest BCUT2D eigenvalue weighted by Crippen LogP contribution is 2.36. The van der Waals surface area contributed by atoms with E-state index in [1.807, 2.05) is 60.7 Å². The SMILES string of the molecule is COc1ccc(OC2OC(COCc3ccccc3)C(OC(C)=O)C(OCc3ccccc3)C2N2C(=O)c3ccccc3C2=O)cc1. The average Bonchev–Trinajstić information content (AvgIpc) is 3.34. The smallest absolute Gasteiger partial charge is 0.303 e. The number of esters is 1. The van der Waals surface area contributed by atoms with Crippen LogP contribution in [-0.2, 0) is 37.0 Å². The van der Waals surface area contributed by atoms with Crippen LogP contribution in [0, 0.1) is 0 Å². The lowest BCUT2D eigenvalue weighted by molar-refractivity contribution is -0.272. The first kappa shape index (κ1) is 31.9. The molecule has 0 aliphatic carbocycles. The highest BCUT2D eigenvalue weighted by molar-refractivity contribution is 6.21. The maximum Gasteiger partial charge on any atom is 0.303 e. The molecule has 0 aromatic heterocycles. The number of fused-ring (bicyclic) bond motifs is 1. The van der Waals surface area contributed by atoms with Gasteiger partial charge in [0, 0.05) is 6.92 Å². The van der Waals surface area contributed by atoms with Gasteiger partial charge < -0.3 is 28.4 Å². The zero-order chi connectivity index (χ0) is 32.8. The molecule has 47 heavy (non-hydrogen) atoms. The fourth-order valence-corrected chi connectivity index (χ4v) is 5.82. The van der Waals surface area contributed by atoms with Crippen molar-refractivity contribution in [3.63, 3.8) is 0 Å². The predicted molar refractivity (Wildman–Crippen MR) is 170 cm³/mol. The summed E-state index contributed by atoms with van der Waals surface area (Å²) in [6.07, 6.45) is -4.26. The van der Waals surface area contributed by atoms with Crippen LogP contribution in [-0.4, -0.2) is 67.0 Å². The van der Waals surface area contributed by atoms with Crippen LogP contribution in [0.3, 0.4) is 0 Å². The number of carbonyl (C=O) groups excluding carboxylic acids is 3. The molecule has 10 heteroatoms. The number of methoxy groups -OCH3 is 1. The van der Waals surface area contributed by atoms with Gasteiger partial charge in [0.1, 0.15) is 29.7 Å². The summed E-state index contributed by atoms with van der Waals surface area (Å²) >= 11 is 0. The van der Waals surface area contributed by atoms with Crippen molar-refractivity contribution in [2.24, 2.45) is 0 Å². The van der Waals surface area contributed by atoms with E-state index in [0.29, 0.717) is 11.5 Å². The van der Waals surface area contributed by atoms with Crippen molar-refractivity contribution in [2.75, 3.05) is 13.7 Å². The van der Waals surface area contributed by atoms with E-state index in [-0.39, 0.29) is 30.9 Å². The van der Waals surface area contributed by atoms with Crippen molar-refractivity contribution in [3.05, 3.63) is 131 Å². The standard InChI is InChI=1S/C37H35NO9/c1-24(39)45-33-31(23-43-21-25-11-5-3-6-12-25)47-37(46-28-19-17-27(42-2)18-20-28)32(34(33)44-22-26-13-7-4-8-14-26)38-35(40)29-15-9-10-16-30(29)36(38)41/h3-20,31-34,37H,21-23H2,1-2H3. The van der Waals surface area contributed by atoms with Gasteiger partial charge in [-0.25, -0.2) is 0 Å². The summed E-state index contributed by atoms with van der Waals surface area (Å²) in [4.78, 5) is 41.6. The summed E-state index contributed by atoms with van der Waals surface area (Å²) in [6, 6.07) is 31.3. The summed E-state index contributed by atoms with van der Waals surface area (Å²) < 4.78 is 36.7. The average molecular weight is 638 g/mol. The molecule has 0 spiro atoms. The highest BCUT2D eigenvalue weighted by Gasteiger charge is 2.56. The van der Waals surface area contributed by atoms with Crippen molar-refractivity contribution in [1.29, 1.82) is 0 Å². The van der Waals surface area contributed by atoms with Crippen LogP contribution in [0.1, 0.15) is 38.8 Å². The number of hydrogen-bond acceptors (Lipinski definition) is 9. The number of ether oxygens (including phenoxy) is 6. The number of rotatable bonds is 12. The second kappa shape index (κ2) is 14.6. The number of amides is 2. The second-order valence-corrected chi connectivity index (χ2v) is 11.2. The molecular formula is C37H35NO9. The fourth-order valence-electron chi connectivity index (χ4n) is 5.82. The number of carbonyl (C=O) groups is 3. The van der Waals surface area contributed by atoms with E-state index in [0.717, 1.165) is 16.0 Å². The third kappa shape index (κ3) is 7.20. The lowest BCUT2D eigenvalue weighted by atomic mass is 9.94. The molecule has 2 amide bonds. The van der Waals surface area contributed by atoms with E-state index in [4.69, 9.17) is 28.4 Å². The lowest BCUT2D eigenvalue weighted by Crippen LogP contribution is -2.68. The lowest BCUT2D eigenvalue weighted by Gasteiger charge is -2.47. The van der Waals surface area contributed by atoms with Crippen molar-refractivity contribution in [2.45, 2.75) is 50.8 Å². The highest BCUT2D eigenvalue weighted by atomic mass is 16.7. The maximum absolute atomic E-state index is 13.9. The molecule has 0 bridgehead atoms. The molecule has 6 rings (SSSR count). The van der Waals surface area contributed by atoms with Crippen molar-refractivity contribution < 1.29 is 42.8 Å². The van der Waals surface area contributed by atoms with Crippen LogP contribution in [0.5, 0.6) is 11.5 Å². The Morgan fingerprint density at radius 2 is 1.28 bits per heavy atom. The summed E-state index contributed by atoms with van der Waals surface area (Å²) in [5.74, 6) is -0.637. The van der Waals surface area contributed by atoms with Gasteiger partial charge in [0.05, 0.1) is 38.1 Å². The third-order valence-corrected chi connectivity index (χ3v) is 8.03. The Bertz CT molecular complexity index is 1640. The van der Waals surface area contributed by atoms with E-state index in [2.05, 4.69) is 0 Å². The molecule has 10 nitrogen and oxygen atoms in total. The minimum atomic E-state index is -1.23. The Hall–Kier alpha value is -5.03. The Balaban J connectivity index is 1.39. The maximum atomic E-state index is 13.9. The van der Waals surface area contributed by atoms with Gasteiger partial charge in [0.15, 0.2) is 6.10 Å². The first-order chi connectivity index (χ1) is 22.9. The molecule has 0 N–H and O–H groups in total. The van der Waals surface area contributed by atoms with Crippen LogP contribution >= 0.6 is 0 Å². The molecule has 2 heterocycles. The molecule has 1 fully saturated rings.